The van der Waals surface area contributed by atoms with Crippen LogP contribution in [0, 0.1) is 11.8 Å². The molecule has 2 atom stereocenters. The van der Waals surface area contributed by atoms with Crippen LogP contribution in [0.1, 0.15) is 31.2 Å². The van der Waals surface area contributed by atoms with Crippen molar-refractivity contribution in [3.05, 3.63) is 34.9 Å². The number of amidine groups is 1. The second-order valence-corrected chi connectivity index (χ2v) is 7.32. The van der Waals surface area contributed by atoms with Gasteiger partial charge >= 0.3 is 6.03 Å². The van der Waals surface area contributed by atoms with Crippen molar-refractivity contribution in [2.45, 2.75) is 25.7 Å². The van der Waals surface area contributed by atoms with E-state index < -0.39 is 0 Å². The van der Waals surface area contributed by atoms with Gasteiger partial charge in [0, 0.05) is 23.7 Å². The number of carbonyl (C=O) groups excluding carboxylic acids is 2. The fourth-order valence-electron chi connectivity index (χ4n) is 3.77. The van der Waals surface area contributed by atoms with Crippen LogP contribution in [-0.2, 0) is 4.79 Å². The number of nitrogens with zero attached hydrogens (tertiary/aromatic N) is 3. The molecule has 1 heterocycles. The molecule has 2 aliphatic rings. The second kappa shape index (κ2) is 8.97. The quantitative estimate of drug-likeness (QED) is 0.634. The van der Waals surface area contributed by atoms with Crippen LogP contribution in [0.5, 0.6) is 0 Å². The van der Waals surface area contributed by atoms with Gasteiger partial charge in [-0.15, -0.1) is 0 Å². The van der Waals surface area contributed by atoms with Crippen molar-refractivity contribution in [2.75, 3.05) is 26.2 Å². The van der Waals surface area contributed by atoms with Gasteiger partial charge < -0.3 is 5.32 Å². The van der Waals surface area contributed by atoms with Crippen LogP contribution < -0.4 is 5.32 Å². The van der Waals surface area contributed by atoms with Crippen molar-refractivity contribution in [1.29, 1.82) is 0 Å². The largest absolute Gasteiger partial charge is 0.337 e. The third kappa shape index (κ3) is 4.71. The lowest BCUT2D eigenvalue weighted by molar-refractivity contribution is 0.214. The minimum absolute atomic E-state index is 0.116. The molecule has 0 spiro atoms. The molecule has 7 heteroatoms. The lowest BCUT2D eigenvalue weighted by atomic mass is 9.81. The molecular formula is C19H23ClN4O2. The highest BCUT2D eigenvalue weighted by Gasteiger charge is 2.27. The number of benzene rings is 1. The number of carbonyl (C=O) groups is 1. The molecule has 0 bridgehead atoms. The van der Waals surface area contributed by atoms with E-state index in [-0.39, 0.29) is 6.03 Å². The molecule has 2 unspecified atom stereocenters. The summed E-state index contributed by atoms with van der Waals surface area (Å²) in [6, 6.07) is 7.28. The molecule has 1 fully saturated rings. The van der Waals surface area contributed by atoms with Crippen molar-refractivity contribution in [3.63, 3.8) is 0 Å². The molecule has 1 aromatic carbocycles. The van der Waals surface area contributed by atoms with E-state index in [4.69, 9.17) is 11.6 Å². The zero-order valence-corrected chi connectivity index (χ0v) is 15.4. The Hall–Kier alpha value is -2.17. The maximum absolute atomic E-state index is 12.6. The maximum atomic E-state index is 12.6. The summed E-state index contributed by atoms with van der Waals surface area (Å²) in [6.07, 6.45) is 5.90. The highest BCUT2D eigenvalue weighted by Crippen LogP contribution is 2.28. The molecule has 0 aromatic heterocycles. The van der Waals surface area contributed by atoms with E-state index in [1.54, 1.807) is 17.0 Å². The Morgan fingerprint density at radius 1 is 1.38 bits per heavy atom. The first kappa shape index (κ1) is 18.6. The fourth-order valence-corrected chi connectivity index (χ4v) is 3.96. The first-order valence-corrected chi connectivity index (χ1v) is 9.44. The average Bonchev–Trinajstić information content (AvgIpc) is 3.15. The van der Waals surface area contributed by atoms with Crippen LogP contribution in [0.4, 0.5) is 4.79 Å². The van der Waals surface area contributed by atoms with E-state index in [1.165, 1.54) is 0 Å². The molecule has 1 aliphatic heterocycles. The van der Waals surface area contributed by atoms with Gasteiger partial charge in [0.1, 0.15) is 5.84 Å². The highest BCUT2D eigenvalue weighted by atomic mass is 35.5. The summed E-state index contributed by atoms with van der Waals surface area (Å²) in [6.45, 7) is 2.37. The zero-order chi connectivity index (χ0) is 18.4. The number of aliphatic imine (C=N–C) groups is 2. The van der Waals surface area contributed by atoms with E-state index in [9.17, 15) is 9.59 Å². The van der Waals surface area contributed by atoms with Crippen molar-refractivity contribution in [3.8, 4) is 0 Å². The predicted octanol–water partition coefficient (Wildman–Crippen LogP) is 3.25. The Kier molecular flexibility index (Phi) is 6.42. The summed E-state index contributed by atoms with van der Waals surface area (Å²) in [7, 11) is 0. The summed E-state index contributed by atoms with van der Waals surface area (Å²) >= 11 is 6.06. The van der Waals surface area contributed by atoms with E-state index in [0.29, 0.717) is 48.9 Å². The number of amides is 2. The van der Waals surface area contributed by atoms with Crippen LogP contribution in [0.3, 0.4) is 0 Å². The summed E-state index contributed by atoms with van der Waals surface area (Å²) < 4.78 is 0. The van der Waals surface area contributed by atoms with Crippen molar-refractivity contribution in [2.24, 2.45) is 21.8 Å². The number of halogens is 1. The van der Waals surface area contributed by atoms with Gasteiger partial charge in [0.2, 0.25) is 6.08 Å². The van der Waals surface area contributed by atoms with Gasteiger partial charge in [-0.3, -0.25) is 9.89 Å². The topological polar surface area (TPSA) is 74.1 Å². The second-order valence-electron chi connectivity index (χ2n) is 6.88. The molecule has 1 N–H and O–H groups in total. The van der Waals surface area contributed by atoms with Gasteiger partial charge in [0.25, 0.3) is 0 Å². The number of isocyanates is 1. The number of nitrogens with one attached hydrogen (secondary N) is 1. The van der Waals surface area contributed by atoms with Gasteiger partial charge in [-0.2, -0.15) is 0 Å². The van der Waals surface area contributed by atoms with Crippen molar-refractivity contribution in [1.82, 2.24) is 10.2 Å². The minimum atomic E-state index is -0.116. The Labute approximate surface area is 158 Å². The van der Waals surface area contributed by atoms with Crippen LogP contribution in [0.25, 0.3) is 0 Å². The smallest absolute Gasteiger partial charge is 0.323 e. The first-order valence-electron chi connectivity index (χ1n) is 9.06. The molecular weight excluding hydrogens is 352 g/mol. The standard InChI is InChI=1S/C19H23ClN4O2/c20-17-6-2-5-16(10-17)18-22-7-8-24(18)19(26)23-12-15-4-1-3-14(9-15)11-21-13-25/h2,5-6,10,14-15H,1,3-4,7-9,11-12H2,(H,23,26). The van der Waals surface area contributed by atoms with Gasteiger partial charge in [-0.1, -0.05) is 30.2 Å². The van der Waals surface area contributed by atoms with E-state index in [0.717, 1.165) is 31.2 Å². The van der Waals surface area contributed by atoms with Gasteiger partial charge in [0.15, 0.2) is 0 Å². The Balaban J connectivity index is 1.54. The summed E-state index contributed by atoms with van der Waals surface area (Å²) in [4.78, 5) is 32.8. The summed E-state index contributed by atoms with van der Waals surface area (Å²) in [5, 5.41) is 3.68. The van der Waals surface area contributed by atoms with E-state index >= 15 is 0 Å². The number of urea groups is 1. The molecule has 3 rings (SSSR count). The normalized spacial score (nSPS) is 22.5. The van der Waals surface area contributed by atoms with Crippen molar-refractivity contribution < 1.29 is 9.59 Å². The monoisotopic (exact) mass is 374 g/mol. The molecule has 6 nitrogen and oxygen atoms in total. The fraction of sp³-hybridized carbons (Fsp3) is 0.526. The van der Waals surface area contributed by atoms with Crippen LogP contribution >= 0.6 is 11.6 Å². The molecule has 1 saturated carbocycles. The van der Waals surface area contributed by atoms with Crippen molar-refractivity contribution >= 4 is 29.5 Å². The number of hydrogen-bond donors (Lipinski definition) is 1. The van der Waals surface area contributed by atoms with Crippen LogP contribution in [0.15, 0.2) is 34.3 Å². The molecule has 2 amide bonds. The Morgan fingerprint density at radius 2 is 2.23 bits per heavy atom. The Morgan fingerprint density at radius 3 is 3.04 bits per heavy atom. The SMILES string of the molecule is O=C=NCC1CCCC(CNC(=O)N2CCN=C2c2cccc(Cl)c2)C1. The van der Waals surface area contributed by atoms with Crippen LogP contribution in [0.2, 0.25) is 5.02 Å². The third-order valence-electron chi connectivity index (χ3n) is 5.02. The lowest BCUT2D eigenvalue weighted by Crippen LogP contribution is -2.44. The summed E-state index contributed by atoms with van der Waals surface area (Å²) in [5.41, 5.74) is 0.856. The van der Waals surface area contributed by atoms with E-state index in [1.807, 2.05) is 18.2 Å². The molecule has 1 aromatic rings. The third-order valence-corrected chi connectivity index (χ3v) is 5.25. The number of rotatable bonds is 5. The summed E-state index contributed by atoms with van der Waals surface area (Å²) in [5.74, 6) is 1.52. The molecule has 1 aliphatic carbocycles. The van der Waals surface area contributed by atoms with Crippen LogP contribution in [-0.4, -0.2) is 49.0 Å². The molecule has 138 valence electrons. The van der Waals surface area contributed by atoms with Gasteiger partial charge in [0.05, 0.1) is 13.1 Å². The molecule has 26 heavy (non-hydrogen) atoms. The molecule has 0 saturated heterocycles. The lowest BCUT2D eigenvalue weighted by Gasteiger charge is -2.29. The highest BCUT2D eigenvalue weighted by molar-refractivity contribution is 6.31. The Bertz CT molecular complexity index is 730. The average molecular weight is 375 g/mol. The van der Waals surface area contributed by atoms with Gasteiger partial charge in [-0.25, -0.2) is 14.6 Å². The first-order chi connectivity index (χ1) is 12.7. The predicted molar refractivity (Wildman–Crippen MR) is 101 cm³/mol. The number of hydrogen-bond acceptors (Lipinski definition) is 4. The minimum Gasteiger partial charge on any atom is -0.337 e. The molecule has 0 radical (unpaired) electrons. The van der Waals surface area contributed by atoms with E-state index in [2.05, 4.69) is 15.3 Å². The zero-order valence-electron chi connectivity index (χ0n) is 14.7. The van der Waals surface area contributed by atoms with Gasteiger partial charge in [-0.05, 0) is 43.2 Å². The maximum Gasteiger partial charge on any atom is 0.323 e.